The van der Waals surface area contributed by atoms with Gasteiger partial charge in [-0.3, -0.25) is 9.58 Å². The zero-order valence-electron chi connectivity index (χ0n) is 12.9. The fourth-order valence-corrected chi connectivity index (χ4v) is 3.08. The number of hydrogen-bond acceptors (Lipinski definition) is 5. The molecule has 3 aromatic rings. The van der Waals surface area contributed by atoms with Crippen LogP contribution in [0.1, 0.15) is 5.56 Å². The van der Waals surface area contributed by atoms with Gasteiger partial charge in [0.1, 0.15) is 17.8 Å². The number of rotatable bonds is 4. The van der Waals surface area contributed by atoms with Gasteiger partial charge in [0.05, 0.1) is 18.7 Å². The molecule has 6 heteroatoms. The van der Waals surface area contributed by atoms with Crippen molar-refractivity contribution in [3.8, 4) is 5.75 Å². The number of benzene rings is 1. The number of β-amino-alcohol motifs (C(OH)–C–C–N with tert-alkyl or cyclic N) is 1. The first-order valence-corrected chi connectivity index (χ1v) is 7.69. The van der Waals surface area contributed by atoms with Crippen LogP contribution in [0, 0.1) is 0 Å². The fourth-order valence-electron chi connectivity index (χ4n) is 3.08. The van der Waals surface area contributed by atoms with Crippen LogP contribution in [0.3, 0.4) is 0 Å². The normalized spacial score (nSPS) is 22.0. The molecule has 2 atom stereocenters. The number of aliphatic hydroxyl groups excluding tert-OH is 1. The number of aromatic nitrogens is 2. The first kappa shape index (κ1) is 14.3. The van der Waals surface area contributed by atoms with E-state index < -0.39 is 6.10 Å². The van der Waals surface area contributed by atoms with Crippen LogP contribution in [0.5, 0.6) is 5.75 Å². The van der Waals surface area contributed by atoms with Crippen molar-refractivity contribution >= 4 is 11.0 Å². The van der Waals surface area contributed by atoms with Crippen LogP contribution < -0.4 is 4.74 Å². The van der Waals surface area contributed by atoms with E-state index in [1.54, 1.807) is 17.1 Å². The van der Waals surface area contributed by atoms with Gasteiger partial charge < -0.3 is 14.3 Å². The maximum absolute atomic E-state index is 10.2. The smallest absolute Gasteiger partial charge is 0.157 e. The highest BCUT2D eigenvalue weighted by Gasteiger charge is 2.33. The van der Waals surface area contributed by atoms with Crippen molar-refractivity contribution in [3.63, 3.8) is 0 Å². The third kappa shape index (κ3) is 2.95. The molecule has 0 saturated carbocycles. The summed E-state index contributed by atoms with van der Waals surface area (Å²) in [6.07, 6.45) is 4.46. The molecule has 1 fully saturated rings. The van der Waals surface area contributed by atoms with Crippen molar-refractivity contribution in [2.24, 2.45) is 7.05 Å². The van der Waals surface area contributed by atoms with Gasteiger partial charge in [-0.05, 0) is 23.8 Å². The number of aryl methyl sites for hydroxylation is 1. The minimum Gasteiger partial charge on any atom is -0.483 e. The quantitative estimate of drug-likeness (QED) is 0.795. The molecule has 1 aromatic carbocycles. The molecule has 120 valence electrons. The molecule has 1 saturated heterocycles. The lowest BCUT2D eigenvalue weighted by atomic mass is 10.1. The van der Waals surface area contributed by atoms with Crippen molar-refractivity contribution in [1.29, 1.82) is 0 Å². The molecular formula is C17H19N3O3. The minimum atomic E-state index is -0.493. The van der Waals surface area contributed by atoms with E-state index in [1.165, 1.54) is 5.56 Å². The van der Waals surface area contributed by atoms with Crippen LogP contribution in [0.2, 0.25) is 0 Å². The molecule has 1 aliphatic rings. The van der Waals surface area contributed by atoms with Gasteiger partial charge in [-0.1, -0.05) is 6.07 Å². The molecule has 23 heavy (non-hydrogen) atoms. The summed E-state index contributed by atoms with van der Waals surface area (Å²) in [6.45, 7) is 2.08. The van der Waals surface area contributed by atoms with Crippen LogP contribution >= 0.6 is 0 Å². The molecule has 0 radical (unpaired) electrons. The summed E-state index contributed by atoms with van der Waals surface area (Å²) in [7, 11) is 1.84. The summed E-state index contributed by atoms with van der Waals surface area (Å²) in [5, 5.41) is 15.4. The molecule has 0 amide bonds. The number of hydrogen-bond donors (Lipinski definition) is 1. The lowest BCUT2D eigenvalue weighted by Gasteiger charge is -2.16. The van der Waals surface area contributed by atoms with Crippen molar-refractivity contribution in [1.82, 2.24) is 14.7 Å². The molecule has 6 nitrogen and oxygen atoms in total. The number of aliphatic hydroxyl groups is 1. The van der Waals surface area contributed by atoms with Gasteiger partial charge in [0.25, 0.3) is 0 Å². The van der Waals surface area contributed by atoms with Crippen LogP contribution in [0.25, 0.3) is 11.0 Å². The van der Waals surface area contributed by atoms with E-state index in [2.05, 4.69) is 22.1 Å². The number of furan rings is 1. The number of nitrogens with zero attached hydrogens (tertiary/aromatic N) is 3. The van der Waals surface area contributed by atoms with Gasteiger partial charge >= 0.3 is 0 Å². The van der Waals surface area contributed by atoms with E-state index in [9.17, 15) is 5.11 Å². The summed E-state index contributed by atoms with van der Waals surface area (Å²) < 4.78 is 12.9. The van der Waals surface area contributed by atoms with E-state index in [-0.39, 0.29) is 6.10 Å². The van der Waals surface area contributed by atoms with Crippen LogP contribution in [0.15, 0.2) is 47.3 Å². The van der Waals surface area contributed by atoms with Gasteiger partial charge in [0, 0.05) is 32.1 Å². The number of fused-ring (bicyclic) bond motifs is 1. The second kappa shape index (κ2) is 5.72. The summed E-state index contributed by atoms with van der Waals surface area (Å²) in [5.41, 5.74) is 2.10. The first-order valence-electron chi connectivity index (χ1n) is 7.69. The maximum Gasteiger partial charge on any atom is 0.157 e. The molecule has 2 aromatic heterocycles. The Morgan fingerprint density at radius 3 is 3.09 bits per heavy atom. The summed E-state index contributed by atoms with van der Waals surface area (Å²) >= 11 is 0. The molecule has 1 aliphatic heterocycles. The Balaban J connectivity index is 1.42. The summed E-state index contributed by atoms with van der Waals surface area (Å²) in [5.74, 6) is 0.693. The molecule has 4 rings (SSSR count). The third-order valence-corrected chi connectivity index (χ3v) is 4.20. The molecule has 0 bridgehead atoms. The lowest BCUT2D eigenvalue weighted by Crippen LogP contribution is -2.29. The Morgan fingerprint density at radius 1 is 1.35 bits per heavy atom. The van der Waals surface area contributed by atoms with Gasteiger partial charge in [-0.2, -0.15) is 5.10 Å². The zero-order chi connectivity index (χ0) is 15.8. The van der Waals surface area contributed by atoms with Crippen LogP contribution in [0.4, 0.5) is 0 Å². The Morgan fingerprint density at radius 2 is 2.26 bits per heavy atom. The highest BCUT2D eigenvalue weighted by Crippen LogP contribution is 2.22. The zero-order valence-corrected chi connectivity index (χ0v) is 12.9. The molecule has 1 N–H and O–H groups in total. The average Bonchev–Trinajstić information content (AvgIpc) is 3.21. The minimum absolute atomic E-state index is 0.225. The predicted molar refractivity (Wildman–Crippen MR) is 85.1 cm³/mol. The largest absolute Gasteiger partial charge is 0.483 e. The monoisotopic (exact) mass is 313 g/mol. The Hall–Kier alpha value is -2.31. The van der Waals surface area contributed by atoms with E-state index in [1.807, 2.05) is 25.4 Å². The van der Waals surface area contributed by atoms with Crippen molar-refractivity contribution < 1.29 is 14.3 Å². The molecule has 3 heterocycles. The Kier molecular flexibility index (Phi) is 3.55. The van der Waals surface area contributed by atoms with Gasteiger partial charge in [0.2, 0.25) is 0 Å². The van der Waals surface area contributed by atoms with E-state index in [4.69, 9.17) is 9.15 Å². The van der Waals surface area contributed by atoms with Gasteiger partial charge in [0.15, 0.2) is 5.75 Å². The van der Waals surface area contributed by atoms with Crippen molar-refractivity contribution in [2.45, 2.75) is 18.8 Å². The fraction of sp³-hybridized carbons (Fsp3) is 0.353. The van der Waals surface area contributed by atoms with Gasteiger partial charge in [-0.25, -0.2) is 0 Å². The second-order valence-electron chi connectivity index (χ2n) is 6.06. The molecule has 0 spiro atoms. The van der Waals surface area contributed by atoms with E-state index in [0.717, 1.165) is 17.5 Å². The lowest BCUT2D eigenvalue weighted by molar-refractivity contribution is 0.0736. The Bertz CT molecular complexity index is 810. The third-order valence-electron chi connectivity index (χ3n) is 4.20. The standard InChI is InChI=1S/C17H19N3O3/c1-19-9-14(7-18-19)23-17-11-20(10-15(17)21)8-12-2-3-16-13(6-12)4-5-22-16/h2-7,9,15,17,21H,8,10-11H2,1H3/t15-,17-/m1/s1. The van der Waals surface area contributed by atoms with Crippen LogP contribution in [-0.2, 0) is 13.6 Å². The predicted octanol–water partition coefficient (Wildman–Crippen LogP) is 1.79. The molecular weight excluding hydrogens is 294 g/mol. The number of ether oxygens (including phenoxy) is 1. The van der Waals surface area contributed by atoms with E-state index in [0.29, 0.717) is 18.8 Å². The topological polar surface area (TPSA) is 63.7 Å². The summed E-state index contributed by atoms with van der Waals surface area (Å²) in [4.78, 5) is 2.20. The van der Waals surface area contributed by atoms with Crippen LogP contribution in [-0.4, -0.2) is 45.1 Å². The van der Waals surface area contributed by atoms with E-state index >= 15 is 0 Å². The van der Waals surface area contributed by atoms with Crippen molar-refractivity contribution in [2.75, 3.05) is 13.1 Å². The number of likely N-dealkylation sites (tertiary alicyclic amines) is 1. The highest BCUT2D eigenvalue weighted by atomic mass is 16.5. The highest BCUT2D eigenvalue weighted by molar-refractivity contribution is 5.77. The maximum atomic E-state index is 10.2. The second-order valence-corrected chi connectivity index (χ2v) is 6.06. The first-order chi connectivity index (χ1) is 11.2. The molecule has 0 aliphatic carbocycles. The average molecular weight is 313 g/mol. The van der Waals surface area contributed by atoms with Gasteiger partial charge in [-0.15, -0.1) is 0 Å². The summed E-state index contributed by atoms with van der Waals surface area (Å²) in [6, 6.07) is 8.14. The van der Waals surface area contributed by atoms with Crippen molar-refractivity contribution in [3.05, 3.63) is 48.5 Å². The molecule has 0 unspecified atom stereocenters. The SMILES string of the molecule is Cn1cc(O[C@@H]2CN(Cc3ccc4occc4c3)C[C@H]2O)cn1. The Labute approximate surface area is 133 Å².